The lowest BCUT2D eigenvalue weighted by Crippen LogP contribution is -1.92. The molecule has 0 saturated carbocycles. The van der Waals surface area contributed by atoms with Gasteiger partial charge in [-0.3, -0.25) is 4.99 Å². The van der Waals surface area contributed by atoms with Crippen LogP contribution in [0.15, 0.2) is 17.5 Å². The number of hydrogen-bond donors (Lipinski definition) is 0. The van der Waals surface area contributed by atoms with Crippen molar-refractivity contribution >= 4 is 6.21 Å². The van der Waals surface area contributed by atoms with E-state index >= 15 is 0 Å². The van der Waals surface area contributed by atoms with E-state index in [1.165, 1.54) is 6.33 Å². The van der Waals surface area contributed by atoms with E-state index in [0.29, 0.717) is 0 Å². The molecule has 0 aliphatic carbocycles. The minimum atomic E-state index is 0.887. The van der Waals surface area contributed by atoms with Gasteiger partial charge in [0.05, 0.1) is 5.69 Å². The fourth-order valence-corrected chi connectivity index (χ4v) is 0.666. The zero-order valence-electron chi connectivity index (χ0n) is 6.07. The molecule has 1 rings (SSSR count). The van der Waals surface area contributed by atoms with Crippen LogP contribution in [0.1, 0.15) is 11.3 Å². The summed E-state index contributed by atoms with van der Waals surface area (Å²) in [6.45, 7) is 1.96. The maximum atomic E-state index is 4.01. The van der Waals surface area contributed by atoms with Crippen LogP contribution >= 0.6 is 0 Å². The monoisotopic (exact) mass is 135 g/mol. The molecule has 10 heavy (non-hydrogen) atoms. The third-order valence-corrected chi connectivity index (χ3v) is 1.19. The average molecular weight is 135 g/mol. The van der Waals surface area contributed by atoms with Crippen molar-refractivity contribution in [2.24, 2.45) is 4.99 Å². The number of aliphatic imine (C=N–C) groups is 1. The number of hydrogen-bond acceptors (Lipinski definition) is 3. The zero-order valence-corrected chi connectivity index (χ0v) is 6.07. The van der Waals surface area contributed by atoms with Crippen LogP contribution in [0.4, 0.5) is 0 Å². The van der Waals surface area contributed by atoms with E-state index in [0.717, 1.165) is 11.3 Å². The fourth-order valence-electron chi connectivity index (χ4n) is 0.666. The van der Waals surface area contributed by atoms with Gasteiger partial charge in [0, 0.05) is 19.5 Å². The summed E-state index contributed by atoms with van der Waals surface area (Å²) in [5.74, 6) is 0. The van der Waals surface area contributed by atoms with Crippen LogP contribution in [0.5, 0.6) is 0 Å². The Kier molecular flexibility index (Phi) is 2.10. The van der Waals surface area contributed by atoms with Crippen molar-refractivity contribution in [3.8, 4) is 0 Å². The fraction of sp³-hybridized carbons (Fsp3) is 0.286. The van der Waals surface area contributed by atoms with Gasteiger partial charge in [-0.2, -0.15) is 0 Å². The molecule has 1 heterocycles. The Bertz CT molecular complexity index is 242. The number of nitrogens with zero attached hydrogens (tertiary/aromatic N) is 3. The largest absolute Gasteiger partial charge is 0.294 e. The molecule has 3 heteroatoms. The highest BCUT2D eigenvalue weighted by Gasteiger charge is 1.91. The first-order valence-corrected chi connectivity index (χ1v) is 3.03. The highest BCUT2D eigenvalue weighted by molar-refractivity contribution is 5.78. The van der Waals surface area contributed by atoms with Gasteiger partial charge in [-0.15, -0.1) is 0 Å². The number of aromatic nitrogens is 2. The lowest BCUT2D eigenvalue weighted by Gasteiger charge is -1.93. The van der Waals surface area contributed by atoms with Gasteiger partial charge in [0.1, 0.15) is 6.33 Å². The van der Waals surface area contributed by atoms with Gasteiger partial charge in [-0.25, -0.2) is 9.97 Å². The predicted octanol–water partition coefficient (Wildman–Crippen LogP) is 0.834. The zero-order chi connectivity index (χ0) is 7.40. The van der Waals surface area contributed by atoms with Gasteiger partial charge in [0.2, 0.25) is 0 Å². The molecule has 0 saturated heterocycles. The van der Waals surface area contributed by atoms with Crippen LogP contribution in [0.25, 0.3) is 0 Å². The van der Waals surface area contributed by atoms with E-state index in [-0.39, 0.29) is 0 Å². The smallest absolute Gasteiger partial charge is 0.116 e. The Morgan fingerprint density at radius 2 is 2.40 bits per heavy atom. The van der Waals surface area contributed by atoms with Crippen LogP contribution in [0, 0.1) is 6.92 Å². The lowest BCUT2D eigenvalue weighted by atomic mass is 10.3. The Hall–Kier alpha value is -1.25. The molecular formula is C7H9N3. The Morgan fingerprint density at radius 1 is 1.60 bits per heavy atom. The molecule has 0 fully saturated rings. The SMILES string of the molecule is CN=Cc1ncncc1C. The van der Waals surface area contributed by atoms with Crippen LogP contribution in [-0.4, -0.2) is 23.2 Å². The highest BCUT2D eigenvalue weighted by atomic mass is 14.8. The van der Waals surface area contributed by atoms with Crippen molar-refractivity contribution in [3.63, 3.8) is 0 Å². The molecule has 0 radical (unpaired) electrons. The molecule has 0 atom stereocenters. The Labute approximate surface area is 59.9 Å². The van der Waals surface area contributed by atoms with Gasteiger partial charge in [-0.05, 0) is 12.5 Å². The van der Waals surface area contributed by atoms with Crippen LogP contribution < -0.4 is 0 Å². The second kappa shape index (κ2) is 3.06. The summed E-state index contributed by atoms with van der Waals surface area (Å²) in [6.07, 6.45) is 5.00. The maximum Gasteiger partial charge on any atom is 0.116 e. The van der Waals surface area contributed by atoms with Crippen molar-refractivity contribution in [2.75, 3.05) is 7.05 Å². The molecule has 0 amide bonds. The molecule has 1 aromatic heterocycles. The van der Waals surface area contributed by atoms with Crippen molar-refractivity contribution in [1.82, 2.24) is 9.97 Å². The summed E-state index contributed by atoms with van der Waals surface area (Å²) >= 11 is 0. The van der Waals surface area contributed by atoms with Crippen molar-refractivity contribution in [1.29, 1.82) is 0 Å². The molecule has 0 spiro atoms. The summed E-state index contributed by atoms with van der Waals surface area (Å²) in [7, 11) is 1.72. The van der Waals surface area contributed by atoms with Gasteiger partial charge in [0.15, 0.2) is 0 Å². The minimum absolute atomic E-state index is 0.887. The van der Waals surface area contributed by atoms with Crippen LogP contribution in [0.3, 0.4) is 0 Å². The number of rotatable bonds is 1. The Morgan fingerprint density at radius 3 is 3.00 bits per heavy atom. The summed E-state index contributed by atoms with van der Waals surface area (Å²) in [5.41, 5.74) is 1.94. The van der Waals surface area contributed by atoms with Crippen LogP contribution in [-0.2, 0) is 0 Å². The van der Waals surface area contributed by atoms with Gasteiger partial charge < -0.3 is 0 Å². The van der Waals surface area contributed by atoms with Crippen molar-refractivity contribution in [3.05, 3.63) is 23.8 Å². The summed E-state index contributed by atoms with van der Waals surface area (Å²) < 4.78 is 0. The first-order valence-electron chi connectivity index (χ1n) is 3.03. The molecule has 0 aliphatic heterocycles. The van der Waals surface area contributed by atoms with Crippen molar-refractivity contribution in [2.45, 2.75) is 6.92 Å². The third kappa shape index (κ3) is 1.37. The van der Waals surface area contributed by atoms with E-state index in [1.54, 1.807) is 19.5 Å². The molecule has 0 unspecified atom stereocenters. The molecule has 0 bridgehead atoms. The second-order valence-corrected chi connectivity index (χ2v) is 1.98. The molecule has 1 aromatic rings. The summed E-state index contributed by atoms with van der Waals surface area (Å²) in [5, 5.41) is 0. The van der Waals surface area contributed by atoms with E-state index in [1.807, 2.05) is 6.92 Å². The molecule has 52 valence electrons. The predicted molar refractivity (Wildman–Crippen MR) is 40.3 cm³/mol. The molecule has 0 aliphatic rings. The minimum Gasteiger partial charge on any atom is -0.294 e. The molecule has 3 nitrogen and oxygen atoms in total. The van der Waals surface area contributed by atoms with E-state index in [4.69, 9.17) is 0 Å². The first-order chi connectivity index (χ1) is 4.84. The second-order valence-electron chi connectivity index (χ2n) is 1.98. The first kappa shape index (κ1) is 6.86. The van der Waals surface area contributed by atoms with Gasteiger partial charge in [0.25, 0.3) is 0 Å². The highest BCUT2D eigenvalue weighted by Crippen LogP contribution is 1.96. The normalized spacial score (nSPS) is 10.6. The maximum absolute atomic E-state index is 4.01. The summed E-state index contributed by atoms with van der Waals surface area (Å²) in [6, 6.07) is 0. The molecule has 0 N–H and O–H groups in total. The standard InChI is InChI=1S/C7H9N3/c1-6-3-9-5-10-7(6)4-8-2/h3-5H,1-2H3. The lowest BCUT2D eigenvalue weighted by molar-refractivity contribution is 1.11. The molecule has 0 aromatic carbocycles. The van der Waals surface area contributed by atoms with Crippen molar-refractivity contribution < 1.29 is 0 Å². The Balaban J connectivity index is 3.03. The molecular weight excluding hydrogens is 126 g/mol. The number of aryl methyl sites for hydroxylation is 1. The van der Waals surface area contributed by atoms with Gasteiger partial charge >= 0.3 is 0 Å². The van der Waals surface area contributed by atoms with E-state index in [9.17, 15) is 0 Å². The topological polar surface area (TPSA) is 38.1 Å². The van der Waals surface area contributed by atoms with Gasteiger partial charge in [-0.1, -0.05) is 0 Å². The van der Waals surface area contributed by atoms with Crippen LogP contribution in [0.2, 0.25) is 0 Å². The third-order valence-electron chi connectivity index (χ3n) is 1.19. The van der Waals surface area contributed by atoms with E-state index < -0.39 is 0 Å². The van der Waals surface area contributed by atoms with E-state index in [2.05, 4.69) is 15.0 Å². The summed E-state index contributed by atoms with van der Waals surface area (Å²) in [4.78, 5) is 11.7. The quantitative estimate of drug-likeness (QED) is 0.535. The average Bonchev–Trinajstić information content (AvgIpc) is 1.94.